The van der Waals surface area contributed by atoms with E-state index in [1.807, 2.05) is 26.0 Å². The third-order valence-electron chi connectivity index (χ3n) is 5.09. The molecule has 0 radical (unpaired) electrons. The van der Waals surface area contributed by atoms with Crippen molar-refractivity contribution >= 4 is 17.5 Å². The summed E-state index contributed by atoms with van der Waals surface area (Å²) in [5.41, 5.74) is 3.07. The van der Waals surface area contributed by atoms with Gasteiger partial charge in [0.1, 0.15) is 17.5 Å². The molecule has 1 aromatic rings. The average Bonchev–Trinajstić information content (AvgIpc) is 2.81. The normalized spacial score (nSPS) is 26.3. The molecule has 2 aliphatic rings. The largest absolute Gasteiger partial charge is 0.355 e. The number of carbonyl (C=O) groups is 3. The highest BCUT2D eigenvalue weighted by Crippen LogP contribution is 2.44. The second-order valence-electron chi connectivity index (χ2n) is 7.07. The van der Waals surface area contributed by atoms with Crippen LogP contribution in [-0.4, -0.2) is 24.0 Å². The molecule has 1 saturated heterocycles. The molecule has 1 amide bonds. The Morgan fingerprint density at radius 1 is 1.04 bits per heavy atom. The molecular weight excluding hydrogens is 302 g/mol. The summed E-state index contributed by atoms with van der Waals surface area (Å²) in [5, 5.41) is 2.76. The van der Waals surface area contributed by atoms with Crippen LogP contribution in [0.3, 0.4) is 0 Å². The summed E-state index contributed by atoms with van der Waals surface area (Å²) in [6, 6.07) is 3.87. The zero-order chi connectivity index (χ0) is 17.5. The fourth-order valence-corrected chi connectivity index (χ4v) is 4.16. The predicted octanol–water partition coefficient (Wildman–Crippen LogP) is 2.20. The van der Waals surface area contributed by atoms with Gasteiger partial charge in [-0.2, -0.15) is 0 Å². The first-order valence-electron chi connectivity index (χ1n) is 8.21. The lowest BCUT2D eigenvalue weighted by Gasteiger charge is -2.34. The molecule has 4 nitrogen and oxygen atoms in total. The molecule has 1 aromatic carbocycles. The van der Waals surface area contributed by atoms with Gasteiger partial charge in [-0.1, -0.05) is 5.92 Å². The molecule has 24 heavy (non-hydrogen) atoms. The number of rotatable bonds is 1. The number of Topliss-reactive ketones (excluding diaryl/α,β-unsaturated/α-hetero) is 2. The molecule has 0 aromatic heterocycles. The van der Waals surface area contributed by atoms with E-state index in [0.29, 0.717) is 6.54 Å². The quantitative estimate of drug-likeness (QED) is 0.636. The van der Waals surface area contributed by atoms with E-state index in [1.165, 1.54) is 0 Å². The number of ketones is 2. The van der Waals surface area contributed by atoms with Crippen LogP contribution < -0.4 is 5.32 Å². The lowest BCUT2D eigenvalue weighted by atomic mass is 9.66. The van der Waals surface area contributed by atoms with Gasteiger partial charge in [0, 0.05) is 36.8 Å². The van der Waals surface area contributed by atoms with Crippen LogP contribution in [0, 0.1) is 31.1 Å². The van der Waals surface area contributed by atoms with Gasteiger partial charge in [-0.15, -0.1) is 5.92 Å². The number of hydrogen-bond donors (Lipinski definition) is 1. The SMILES string of the molecule is CC#Cc1cc(C)c(C2C(=O)CC3(CNC(=O)C3)CC2=O)c(C)c1. The zero-order valence-electron chi connectivity index (χ0n) is 14.3. The first-order valence-corrected chi connectivity index (χ1v) is 8.21. The van der Waals surface area contributed by atoms with E-state index in [-0.39, 0.29) is 36.7 Å². The number of amides is 1. The van der Waals surface area contributed by atoms with Crippen molar-refractivity contribution in [2.24, 2.45) is 5.41 Å². The van der Waals surface area contributed by atoms with E-state index < -0.39 is 11.3 Å². The van der Waals surface area contributed by atoms with E-state index >= 15 is 0 Å². The molecule has 124 valence electrons. The maximum atomic E-state index is 12.8. The molecule has 1 saturated carbocycles. The molecule has 1 spiro atoms. The van der Waals surface area contributed by atoms with Crippen molar-refractivity contribution in [2.75, 3.05) is 6.54 Å². The van der Waals surface area contributed by atoms with Crippen LogP contribution in [0.1, 0.15) is 54.4 Å². The average molecular weight is 323 g/mol. The lowest BCUT2D eigenvalue weighted by molar-refractivity contribution is -0.136. The molecule has 4 heteroatoms. The van der Waals surface area contributed by atoms with Gasteiger partial charge in [-0.25, -0.2) is 0 Å². The summed E-state index contributed by atoms with van der Waals surface area (Å²) in [6.45, 7) is 6.06. The fourth-order valence-electron chi connectivity index (χ4n) is 4.16. The highest BCUT2D eigenvalue weighted by atomic mass is 16.2. The van der Waals surface area contributed by atoms with E-state index in [2.05, 4.69) is 17.2 Å². The van der Waals surface area contributed by atoms with Crippen molar-refractivity contribution in [1.82, 2.24) is 5.32 Å². The molecular formula is C20H21NO3. The summed E-state index contributed by atoms with van der Waals surface area (Å²) >= 11 is 0. The van der Waals surface area contributed by atoms with Crippen molar-refractivity contribution in [3.05, 3.63) is 34.4 Å². The van der Waals surface area contributed by atoms with Crippen LogP contribution in [0.4, 0.5) is 0 Å². The van der Waals surface area contributed by atoms with Gasteiger partial charge < -0.3 is 5.32 Å². The maximum Gasteiger partial charge on any atom is 0.220 e. The molecule has 2 fully saturated rings. The number of benzene rings is 1. The summed E-state index contributed by atoms with van der Waals surface area (Å²) in [4.78, 5) is 37.1. The molecule has 3 rings (SSSR count). The molecule has 0 bridgehead atoms. The summed E-state index contributed by atoms with van der Waals surface area (Å²) in [5.74, 6) is 4.99. The standard InChI is InChI=1S/C20H21NO3/c1-4-5-14-6-12(2)18(13(3)7-14)19-15(22)8-20(9-16(19)23)10-17(24)21-11-20/h6-7,19H,8-11H2,1-3H3,(H,21,24). The number of hydrogen-bond acceptors (Lipinski definition) is 3. The highest BCUT2D eigenvalue weighted by molar-refractivity contribution is 6.11. The third kappa shape index (κ3) is 2.75. The van der Waals surface area contributed by atoms with Gasteiger partial charge in [0.05, 0.1) is 0 Å². The molecule has 0 atom stereocenters. The lowest BCUT2D eigenvalue weighted by Crippen LogP contribution is -2.41. The summed E-state index contributed by atoms with van der Waals surface area (Å²) < 4.78 is 0. The monoisotopic (exact) mass is 323 g/mol. The Kier molecular flexibility index (Phi) is 4.04. The predicted molar refractivity (Wildman–Crippen MR) is 90.5 cm³/mol. The second kappa shape index (κ2) is 5.90. The fraction of sp³-hybridized carbons (Fsp3) is 0.450. The molecule has 0 unspecified atom stereocenters. The Bertz CT molecular complexity index is 769. The highest BCUT2D eigenvalue weighted by Gasteiger charge is 2.49. The van der Waals surface area contributed by atoms with Crippen LogP contribution in [0.5, 0.6) is 0 Å². The minimum atomic E-state index is -0.699. The first-order chi connectivity index (χ1) is 11.3. The van der Waals surface area contributed by atoms with Crippen LogP contribution in [0.25, 0.3) is 0 Å². The molecule has 1 aliphatic heterocycles. The van der Waals surface area contributed by atoms with Crippen LogP contribution in [0.15, 0.2) is 12.1 Å². The number of aryl methyl sites for hydroxylation is 2. The van der Waals surface area contributed by atoms with Crippen LogP contribution >= 0.6 is 0 Å². The van der Waals surface area contributed by atoms with E-state index in [1.54, 1.807) is 6.92 Å². The number of nitrogens with one attached hydrogen (secondary N) is 1. The molecule has 1 aliphatic carbocycles. The van der Waals surface area contributed by atoms with Crippen LogP contribution in [-0.2, 0) is 14.4 Å². The smallest absolute Gasteiger partial charge is 0.220 e. The Morgan fingerprint density at radius 3 is 2.08 bits per heavy atom. The van der Waals surface area contributed by atoms with Gasteiger partial charge in [0.2, 0.25) is 5.91 Å². The van der Waals surface area contributed by atoms with Crippen molar-refractivity contribution in [1.29, 1.82) is 0 Å². The third-order valence-corrected chi connectivity index (χ3v) is 5.09. The topological polar surface area (TPSA) is 63.2 Å². The van der Waals surface area contributed by atoms with Gasteiger partial charge in [-0.3, -0.25) is 14.4 Å². The van der Waals surface area contributed by atoms with Crippen molar-refractivity contribution in [3.63, 3.8) is 0 Å². The zero-order valence-corrected chi connectivity index (χ0v) is 14.3. The Balaban J connectivity index is 1.96. The van der Waals surface area contributed by atoms with Gasteiger partial charge >= 0.3 is 0 Å². The van der Waals surface area contributed by atoms with Gasteiger partial charge in [0.15, 0.2) is 0 Å². The van der Waals surface area contributed by atoms with E-state index in [4.69, 9.17) is 0 Å². The second-order valence-corrected chi connectivity index (χ2v) is 7.07. The molecule has 1 heterocycles. The van der Waals surface area contributed by atoms with Gasteiger partial charge in [0.25, 0.3) is 0 Å². The maximum absolute atomic E-state index is 12.8. The van der Waals surface area contributed by atoms with Crippen molar-refractivity contribution in [2.45, 2.75) is 46.0 Å². The summed E-state index contributed by atoms with van der Waals surface area (Å²) in [7, 11) is 0. The van der Waals surface area contributed by atoms with Crippen molar-refractivity contribution < 1.29 is 14.4 Å². The van der Waals surface area contributed by atoms with E-state index in [9.17, 15) is 14.4 Å². The molecule has 1 N–H and O–H groups in total. The van der Waals surface area contributed by atoms with E-state index in [0.717, 1.165) is 22.3 Å². The Labute approximate surface area is 142 Å². The minimum absolute atomic E-state index is 0.0658. The van der Waals surface area contributed by atoms with Crippen molar-refractivity contribution in [3.8, 4) is 11.8 Å². The van der Waals surface area contributed by atoms with Crippen LogP contribution in [0.2, 0.25) is 0 Å². The first kappa shape index (κ1) is 16.4. The van der Waals surface area contributed by atoms with Gasteiger partial charge in [-0.05, 0) is 49.6 Å². The Morgan fingerprint density at radius 2 is 1.62 bits per heavy atom. The minimum Gasteiger partial charge on any atom is -0.355 e. The Hall–Kier alpha value is -2.41. The summed E-state index contributed by atoms with van der Waals surface area (Å²) in [6.07, 6.45) is 0.856. The number of carbonyl (C=O) groups excluding carboxylic acids is 3.